The quantitative estimate of drug-likeness (QED) is 0.427. The highest BCUT2D eigenvalue weighted by molar-refractivity contribution is 5.88. The van der Waals surface area contributed by atoms with Gasteiger partial charge in [0.25, 0.3) is 0 Å². The Labute approximate surface area is 184 Å². The molecular weight excluding hydrogens is 414 g/mol. The van der Waals surface area contributed by atoms with Gasteiger partial charge in [-0.3, -0.25) is 0 Å². The van der Waals surface area contributed by atoms with Crippen molar-refractivity contribution in [3.63, 3.8) is 0 Å². The molecule has 32 heavy (non-hydrogen) atoms. The van der Waals surface area contributed by atoms with Crippen LogP contribution in [-0.2, 0) is 6.61 Å². The van der Waals surface area contributed by atoms with Gasteiger partial charge in [-0.15, -0.1) is 0 Å². The van der Waals surface area contributed by atoms with E-state index < -0.39 is 0 Å². The smallest absolute Gasteiger partial charge is 0.203 e. The fraction of sp³-hybridized carbons (Fsp3) is 0.333. The third-order valence-corrected chi connectivity index (χ3v) is 4.91. The molecule has 0 saturated heterocycles. The number of aromatic nitrogens is 6. The number of nitrogens with zero attached hydrogens (tertiary/aromatic N) is 6. The van der Waals surface area contributed by atoms with Gasteiger partial charge >= 0.3 is 0 Å². The van der Waals surface area contributed by atoms with Crippen molar-refractivity contribution in [2.24, 2.45) is 0 Å². The van der Waals surface area contributed by atoms with Crippen molar-refractivity contribution in [2.45, 2.75) is 26.5 Å². The molecule has 0 radical (unpaired) electrons. The van der Waals surface area contributed by atoms with Crippen LogP contribution in [0.4, 0.5) is 11.6 Å². The molecule has 0 aliphatic heterocycles. The van der Waals surface area contributed by atoms with E-state index in [9.17, 15) is 5.11 Å². The molecule has 11 heteroatoms. The molecule has 4 aromatic rings. The van der Waals surface area contributed by atoms with Gasteiger partial charge in [-0.2, -0.15) is 5.10 Å². The van der Waals surface area contributed by atoms with Crippen LogP contribution in [0.2, 0.25) is 0 Å². The number of fused-ring (bicyclic) bond motifs is 1. The number of methoxy groups -OCH3 is 3. The summed E-state index contributed by atoms with van der Waals surface area (Å²) in [5.41, 5.74) is 1.42. The van der Waals surface area contributed by atoms with Crippen LogP contribution in [0.5, 0.6) is 17.2 Å². The lowest BCUT2D eigenvalue weighted by atomic mass is 10.2. The maximum absolute atomic E-state index is 9.61. The average Bonchev–Trinajstić information content (AvgIpc) is 3.45. The van der Waals surface area contributed by atoms with Crippen molar-refractivity contribution in [3.8, 4) is 22.9 Å². The average molecular weight is 439 g/mol. The lowest BCUT2D eigenvalue weighted by molar-refractivity contribution is 0.272. The van der Waals surface area contributed by atoms with E-state index in [1.54, 1.807) is 44.7 Å². The molecule has 0 spiro atoms. The normalized spacial score (nSPS) is 11.2. The summed E-state index contributed by atoms with van der Waals surface area (Å²) < 4.78 is 19.9. The Balaban J connectivity index is 1.71. The fourth-order valence-electron chi connectivity index (χ4n) is 3.38. The third kappa shape index (κ3) is 3.78. The van der Waals surface area contributed by atoms with Crippen LogP contribution in [0.15, 0.2) is 30.9 Å². The van der Waals surface area contributed by atoms with Crippen LogP contribution in [-0.4, -0.2) is 55.7 Å². The first-order valence-corrected chi connectivity index (χ1v) is 9.95. The van der Waals surface area contributed by atoms with Crippen molar-refractivity contribution in [1.82, 2.24) is 29.3 Å². The fourth-order valence-corrected chi connectivity index (χ4v) is 3.38. The second-order valence-corrected chi connectivity index (χ2v) is 7.24. The highest BCUT2D eigenvalue weighted by Crippen LogP contribution is 2.39. The van der Waals surface area contributed by atoms with Crippen molar-refractivity contribution >= 4 is 22.7 Å². The number of rotatable bonds is 8. The molecule has 11 nitrogen and oxygen atoms in total. The van der Waals surface area contributed by atoms with Gasteiger partial charge in [0, 0.05) is 18.2 Å². The number of imidazole rings is 1. The molecule has 1 aromatic carbocycles. The largest absolute Gasteiger partial charge is 0.493 e. The second-order valence-electron chi connectivity index (χ2n) is 7.24. The van der Waals surface area contributed by atoms with Gasteiger partial charge in [0.05, 0.1) is 44.8 Å². The number of hydrogen-bond donors (Lipinski definition) is 2. The molecule has 0 aliphatic rings. The van der Waals surface area contributed by atoms with E-state index in [-0.39, 0.29) is 12.6 Å². The lowest BCUT2D eigenvalue weighted by Gasteiger charge is -2.14. The Hall–Kier alpha value is -3.86. The highest BCUT2D eigenvalue weighted by atomic mass is 16.5. The van der Waals surface area contributed by atoms with Crippen molar-refractivity contribution in [2.75, 3.05) is 26.6 Å². The lowest BCUT2D eigenvalue weighted by Crippen LogP contribution is -2.07. The SMILES string of the molecule is COc1cc(-n2cnc(Nc3nc(CO)nc4c3cnn4C(C)C)c2)cc(OC)c1OC. The molecule has 4 rings (SSSR count). The summed E-state index contributed by atoms with van der Waals surface area (Å²) in [5.74, 6) is 2.96. The van der Waals surface area contributed by atoms with Crippen LogP contribution in [0.3, 0.4) is 0 Å². The van der Waals surface area contributed by atoms with Gasteiger partial charge < -0.3 is 29.2 Å². The molecule has 3 aromatic heterocycles. The van der Waals surface area contributed by atoms with E-state index in [1.165, 1.54) is 0 Å². The monoisotopic (exact) mass is 439 g/mol. The zero-order valence-electron chi connectivity index (χ0n) is 18.5. The Morgan fingerprint density at radius 3 is 2.38 bits per heavy atom. The molecule has 2 N–H and O–H groups in total. The van der Waals surface area contributed by atoms with Gasteiger partial charge in [0.15, 0.2) is 23.0 Å². The summed E-state index contributed by atoms with van der Waals surface area (Å²) in [6.45, 7) is 3.74. The maximum Gasteiger partial charge on any atom is 0.203 e. The molecule has 0 unspecified atom stereocenters. The molecule has 0 saturated carbocycles. The third-order valence-electron chi connectivity index (χ3n) is 4.91. The molecular formula is C21H25N7O4. The Kier molecular flexibility index (Phi) is 5.82. The number of aliphatic hydroxyl groups is 1. The molecule has 168 valence electrons. The highest BCUT2D eigenvalue weighted by Gasteiger charge is 2.17. The van der Waals surface area contributed by atoms with E-state index in [1.807, 2.05) is 30.5 Å². The minimum Gasteiger partial charge on any atom is -0.493 e. The number of aliphatic hydroxyl groups excluding tert-OH is 1. The van der Waals surface area contributed by atoms with E-state index in [0.29, 0.717) is 40.4 Å². The van der Waals surface area contributed by atoms with Gasteiger partial charge in [0.1, 0.15) is 24.6 Å². The number of hydrogen-bond acceptors (Lipinski definition) is 9. The predicted octanol–water partition coefficient (Wildman–Crippen LogP) is 2.85. The number of ether oxygens (including phenoxy) is 3. The zero-order valence-corrected chi connectivity index (χ0v) is 18.5. The number of anilines is 2. The van der Waals surface area contributed by atoms with E-state index in [0.717, 1.165) is 11.1 Å². The van der Waals surface area contributed by atoms with Crippen LogP contribution >= 0.6 is 0 Å². The first-order chi connectivity index (χ1) is 15.5. The van der Waals surface area contributed by atoms with Crippen LogP contribution < -0.4 is 19.5 Å². The van der Waals surface area contributed by atoms with Crippen molar-refractivity contribution in [1.29, 1.82) is 0 Å². The summed E-state index contributed by atoms with van der Waals surface area (Å²) in [4.78, 5) is 13.3. The molecule has 0 bridgehead atoms. The molecule has 3 heterocycles. The van der Waals surface area contributed by atoms with E-state index in [4.69, 9.17) is 14.2 Å². The summed E-state index contributed by atoms with van der Waals surface area (Å²) in [6.07, 6.45) is 5.17. The van der Waals surface area contributed by atoms with Gasteiger partial charge in [-0.05, 0) is 13.8 Å². The van der Waals surface area contributed by atoms with Gasteiger partial charge in [-0.1, -0.05) is 0 Å². The Bertz CT molecular complexity index is 1220. The zero-order chi connectivity index (χ0) is 22.8. The number of nitrogens with one attached hydrogen (secondary N) is 1. The summed E-state index contributed by atoms with van der Waals surface area (Å²) >= 11 is 0. The van der Waals surface area contributed by atoms with Crippen LogP contribution in [0, 0.1) is 0 Å². The minimum atomic E-state index is -0.284. The van der Waals surface area contributed by atoms with E-state index >= 15 is 0 Å². The molecule has 0 amide bonds. The van der Waals surface area contributed by atoms with Crippen LogP contribution in [0.25, 0.3) is 16.7 Å². The minimum absolute atomic E-state index is 0.112. The first-order valence-electron chi connectivity index (χ1n) is 9.95. The summed E-state index contributed by atoms with van der Waals surface area (Å²) in [5, 5.41) is 18.0. The Morgan fingerprint density at radius 1 is 1.06 bits per heavy atom. The summed E-state index contributed by atoms with van der Waals surface area (Å²) in [7, 11) is 4.70. The molecule has 0 aliphatic carbocycles. The molecule has 0 atom stereocenters. The number of benzene rings is 1. The van der Waals surface area contributed by atoms with Crippen molar-refractivity contribution < 1.29 is 19.3 Å². The Morgan fingerprint density at radius 2 is 1.78 bits per heavy atom. The van der Waals surface area contributed by atoms with Gasteiger partial charge in [0.2, 0.25) is 5.75 Å². The topological polar surface area (TPSA) is 121 Å². The van der Waals surface area contributed by atoms with Gasteiger partial charge in [-0.25, -0.2) is 19.6 Å². The standard InChI is InChI=1S/C21H25N7O4/c1-12(2)28-21-14(8-23-28)20(25-18(10-29)26-21)24-17-9-27(11-22-17)13-6-15(30-3)19(32-5)16(7-13)31-4/h6-9,11-12,29H,10H2,1-5H3,(H,24,25,26). The predicted molar refractivity (Wildman–Crippen MR) is 118 cm³/mol. The van der Waals surface area contributed by atoms with E-state index in [2.05, 4.69) is 25.4 Å². The van der Waals surface area contributed by atoms with Crippen molar-refractivity contribution in [3.05, 3.63) is 36.7 Å². The van der Waals surface area contributed by atoms with Crippen LogP contribution in [0.1, 0.15) is 25.7 Å². The molecule has 0 fully saturated rings. The first kappa shape index (κ1) is 21.4. The maximum atomic E-state index is 9.61. The summed E-state index contributed by atoms with van der Waals surface area (Å²) in [6, 6.07) is 3.76. The second kappa shape index (κ2) is 8.71.